The van der Waals surface area contributed by atoms with Crippen LogP contribution in [-0.4, -0.2) is 92.0 Å². The number of aliphatic hydroxyl groups excluding tert-OH is 1. The van der Waals surface area contributed by atoms with E-state index in [-0.39, 0.29) is 94.8 Å². The first kappa shape index (κ1) is 56.5. The van der Waals surface area contributed by atoms with E-state index in [2.05, 4.69) is 52.6 Å². The molecule has 14 heteroatoms. The number of hydrogen-bond acceptors (Lipinski definition) is 8. The van der Waals surface area contributed by atoms with Gasteiger partial charge < -0.3 is 46.0 Å². The molecule has 2 atom stereocenters. The van der Waals surface area contributed by atoms with Gasteiger partial charge in [0.25, 0.3) is 0 Å². The predicted molar refractivity (Wildman–Crippen MR) is 215 cm³/mol. The molecule has 306 valence electrons. The van der Waals surface area contributed by atoms with Crippen molar-refractivity contribution < 1.29 is 89.9 Å². The van der Waals surface area contributed by atoms with Gasteiger partial charge in [0.05, 0.1) is 6.54 Å². The van der Waals surface area contributed by atoms with Gasteiger partial charge in [-0.2, -0.15) is 0 Å². The van der Waals surface area contributed by atoms with Crippen molar-refractivity contribution >= 4 is 30.3 Å². The molecule has 0 aliphatic heterocycles. The Balaban J connectivity index is -0.000000999. The number of unbranched alkanes of at least 4 members (excludes halogenated alkanes) is 1. The third kappa shape index (κ3) is 35.3. The van der Waals surface area contributed by atoms with Gasteiger partial charge in [-0.05, 0) is 72.9 Å². The third-order valence-corrected chi connectivity index (χ3v) is 6.55. The molecular weight excluding hydrogens is 730 g/mol. The zero-order chi connectivity index (χ0) is 41.6. The minimum Gasteiger partial charge on any atom is -0.650 e. The molecule has 2 aromatic rings. The Bertz CT molecular complexity index is 1300. The van der Waals surface area contributed by atoms with Gasteiger partial charge in [0.2, 0.25) is 11.8 Å². The maximum atomic E-state index is 12.8. The molecule has 5 N–H and O–H groups in total. The molecule has 55 heavy (non-hydrogen) atoms. The zero-order valence-electron chi connectivity index (χ0n) is 35.5. The molecule has 2 unspecified atom stereocenters. The average molecular weight is 798 g/mol. The Morgan fingerprint density at radius 1 is 0.782 bits per heavy atom. The van der Waals surface area contributed by atoms with Crippen molar-refractivity contribution in [1.29, 1.82) is 0 Å². The van der Waals surface area contributed by atoms with Crippen LogP contribution >= 0.6 is 0 Å². The number of nitrogens with one attached hydrogen (secondary N) is 4. The maximum absolute atomic E-state index is 12.8. The van der Waals surface area contributed by atoms with E-state index < -0.39 is 29.4 Å². The van der Waals surface area contributed by atoms with Crippen LogP contribution in [0.3, 0.4) is 0 Å². The summed E-state index contributed by atoms with van der Waals surface area (Å²) in [6.07, 6.45) is 2.54. The number of aldehydes is 1. The zero-order valence-corrected chi connectivity index (χ0v) is 38.6. The standard InChI is InChI=1S/C24H37N4O5.C9H19NO2.C7H8.CH4O.K/c1-17(2)15-19(21(30)27-13-14-29)25-11-12-26-22(31)20(16-18-9-7-6-8-10-18)28-23(32)33-24(3,4)5;1-5-6-7-10-8(11)12-9(2,3)4;1-7-5-3-2-4-6-7;1-2;/h6-10,14,17,19-20H,11-13,15-16H2,1-5H3,(H,26,31)(H,27,30)(H,28,32);5-7H2,1-4H3,(H,10,11);2-6H,1H3;2H,1H3;/q-1;;;;+1. The minimum absolute atomic E-state index is 0. The predicted octanol–water partition coefficient (Wildman–Crippen LogP) is 3.26. The Hall–Kier alpha value is -2.85. The van der Waals surface area contributed by atoms with Gasteiger partial charge in [-0.1, -0.05) is 106 Å². The smallest absolute Gasteiger partial charge is 0.650 e. The second-order valence-electron chi connectivity index (χ2n) is 14.6. The van der Waals surface area contributed by atoms with Crippen LogP contribution in [-0.2, 0) is 30.3 Å². The minimum atomic E-state index is -0.829. The number of alkyl carbamates (subject to hydrolysis) is 2. The molecule has 0 bridgehead atoms. The third-order valence-electron chi connectivity index (χ3n) is 6.55. The van der Waals surface area contributed by atoms with Crippen molar-refractivity contribution in [2.24, 2.45) is 5.92 Å². The molecule has 13 nitrogen and oxygen atoms in total. The molecule has 0 aromatic heterocycles. The van der Waals surface area contributed by atoms with Crippen molar-refractivity contribution in [3.63, 3.8) is 0 Å². The number of aryl methyl sites for hydroxylation is 1. The fourth-order valence-corrected chi connectivity index (χ4v) is 4.22. The summed E-state index contributed by atoms with van der Waals surface area (Å²) in [5.41, 5.74) is 1.13. The maximum Gasteiger partial charge on any atom is 1.00 e. The van der Waals surface area contributed by atoms with Crippen LogP contribution < -0.4 is 72.7 Å². The van der Waals surface area contributed by atoms with Gasteiger partial charge in [0.1, 0.15) is 23.5 Å². The fraction of sp³-hybridized carbons (Fsp3) is 0.585. The Morgan fingerprint density at radius 3 is 1.76 bits per heavy atom. The first-order valence-corrected chi connectivity index (χ1v) is 18.5. The molecule has 0 fully saturated rings. The normalized spacial score (nSPS) is 11.4. The summed E-state index contributed by atoms with van der Waals surface area (Å²) >= 11 is 0. The number of benzene rings is 2. The fourth-order valence-electron chi connectivity index (χ4n) is 4.22. The average Bonchev–Trinajstić information content (AvgIpc) is 3.08. The monoisotopic (exact) mass is 797 g/mol. The van der Waals surface area contributed by atoms with Gasteiger partial charge in [-0.3, -0.25) is 9.59 Å². The van der Waals surface area contributed by atoms with Crippen LogP contribution in [0.4, 0.5) is 9.59 Å². The number of aliphatic hydroxyl groups is 1. The second-order valence-corrected chi connectivity index (χ2v) is 14.6. The van der Waals surface area contributed by atoms with E-state index in [1.165, 1.54) is 5.56 Å². The van der Waals surface area contributed by atoms with Gasteiger partial charge in [-0.15, -0.1) is 6.54 Å². The van der Waals surface area contributed by atoms with Crippen LogP contribution in [0.15, 0.2) is 60.7 Å². The second kappa shape index (κ2) is 33.3. The first-order valence-electron chi connectivity index (χ1n) is 18.5. The molecule has 0 saturated heterocycles. The molecule has 0 saturated carbocycles. The van der Waals surface area contributed by atoms with Crippen molar-refractivity contribution in [2.75, 3.05) is 33.3 Å². The number of nitrogens with zero attached hydrogens (tertiary/aromatic N) is 1. The topological polar surface area (TPSA) is 186 Å². The molecule has 0 radical (unpaired) electrons. The molecule has 0 spiro atoms. The van der Waals surface area contributed by atoms with Crippen LogP contribution in [0, 0.1) is 12.8 Å². The van der Waals surface area contributed by atoms with E-state index in [4.69, 9.17) is 14.6 Å². The summed E-state index contributed by atoms with van der Waals surface area (Å²) in [6, 6.07) is 18.2. The van der Waals surface area contributed by atoms with E-state index >= 15 is 0 Å². The van der Waals surface area contributed by atoms with E-state index in [0.717, 1.165) is 25.5 Å². The van der Waals surface area contributed by atoms with Crippen LogP contribution in [0.1, 0.15) is 92.7 Å². The molecule has 2 rings (SSSR count). The van der Waals surface area contributed by atoms with E-state index in [9.17, 15) is 24.0 Å². The molecule has 0 aliphatic rings. The summed E-state index contributed by atoms with van der Waals surface area (Å²) in [6.45, 7) is 20.0. The Kier molecular flexibility index (Phi) is 34.2. The van der Waals surface area contributed by atoms with E-state index in [1.54, 1.807) is 20.8 Å². The van der Waals surface area contributed by atoms with Gasteiger partial charge in [0, 0.05) is 20.1 Å². The van der Waals surface area contributed by atoms with E-state index in [1.807, 2.05) is 83.1 Å². The van der Waals surface area contributed by atoms with Gasteiger partial charge >= 0.3 is 63.6 Å². The van der Waals surface area contributed by atoms with Crippen molar-refractivity contribution in [3.8, 4) is 0 Å². The molecule has 0 aliphatic carbocycles. The SMILES string of the molecule is CC(C)CC([N-]CCNC(=O)C(Cc1ccccc1)NC(=O)OC(C)(C)C)C(=O)NCC=O.CCCCNC(=O)OC(C)(C)C.CO.Cc1ccccc1.[K+]. The number of rotatable bonds is 16. The van der Waals surface area contributed by atoms with Crippen LogP contribution in [0.5, 0.6) is 0 Å². The Labute approximate surface area is 373 Å². The van der Waals surface area contributed by atoms with Crippen LogP contribution in [0.25, 0.3) is 5.32 Å². The summed E-state index contributed by atoms with van der Waals surface area (Å²) in [5, 5.41) is 22.0. The molecule has 0 heterocycles. The van der Waals surface area contributed by atoms with Crippen molar-refractivity contribution in [3.05, 3.63) is 77.1 Å². The number of carbonyl (C=O) groups is 5. The van der Waals surface area contributed by atoms with E-state index in [0.29, 0.717) is 25.7 Å². The summed E-state index contributed by atoms with van der Waals surface area (Å²) in [4.78, 5) is 58.8. The van der Waals surface area contributed by atoms with Crippen molar-refractivity contribution in [2.45, 2.75) is 118 Å². The Morgan fingerprint density at radius 2 is 1.31 bits per heavy atom. The quantitative estimate of drug-likeness (QED) is 0.0974. The molecular formula is C41H68KN5O8. The van der Waals surface area contributed by atoms with Gasteiger partial charge in [0.15, 0.2) is 0 Å². The number of hydrogen-bond donors (Lipinski definition) is 5. The first-order chi connectivity index (χ1) is 25.4. The number of ether oxygens (including phenoxy) is 2. The number of amides is 4. The summed E-state index contributed by atoms with van der Waals surface area (Å²) < 4.78 is 10.3. The van der Waals surface area contributed by atoms with Gasteiger partial charge in [-0.25, -0.2) is 9.59 Å². The largest absolute Gasteiger partial charge is 1.00 e. The molecule has 2 aromatic carbocycles. The van der Waals surface area contributed by atoms with Crippen LogP contribution in [0.2, 0.25) is 0 Å². The number of carbonyl (C=O) groups excluding carboxylic acids is 5. The summed E-state index contributed by atoms with van der Waals surface area (Å²) in [5.74, 6) is -0.440. The summed E-state index contributed by atoms with van der Waals surface area (Å²) in [7, 11) is 1.00. The van der Waals surface area contributed by atoms with Crippen molar-refractivity contribution in [1.82, 2.24) is 21.3 Å². The molecule has 4 amide bonds.